The number of nitrogens with one attached hydrogen (secondary N) is 1. The maximum absolute atomic E-state index is 13.4. The highest BCUT2D eigenvalue weighted by Crippen LogP contribution is 2.29. The smallest absolute Gasteiger partial charge is 0.290 e. The maximum atomic E-state index is 13.4. The first-order chi connectivity index (χ1) is 17.2. The predicted molar refractivity (Wildman–Crippen MR) is 137 cm³/mol. The van der Waals surface area contributed by atoms with Crippen LogP contribution in [0.4, 0.5) is 11.4 Å². The Bertz CT molecular complexity index is 1360. The molecule has 4 heterocycles. The van der Waals surface area contributed by atoms with Crippen molar-refractivity contribution in [3.8, 4) is 0 Å². The molecule has 0 aliphatic carbocycles. The second-order valence-electron chi connectivity index (χ2n) is 8.98. The lowest BCUT2D eigenvalue weighted by molar-refractivity contribution is -0.121. The Labute approximate surface area is 207 Å². The summed E-state index contributed by atoms with van der Waals surface area (Å²) in [4.78, 5) is 32.0. The molecule has 2 aliphatic heterocycles. The standard InChI is InChI=1S/C28H25N3O3S/c32-27(29-22-7-9-23(10-8-22)30-13-11-26-21(17-30)12-15-35-26)24-16-19-4-1-2-5-20(19)18-31(24)28(33)25-6-3-14-34-25/h1-10,12,14-15,24H,11,13,16-18H2,(H,29,32). The van der Waals surface area contributed by atoms with E-state index >= 15 is 0 Å². The predicted octanol–water partition coefficient (Wildman–Crippen LogP) is 5.11. The Kier molecular flexibility index (Phi) is 5.62. The molecule has 0 spiro atoms. The van der Waals surface area contributed by atoms with Crippen molar-refractivity contribution in [2.45, 2.75) is 32.0 Å². The lowest BCUT2D eigenvalue weighted by Crippen LogP contribution is -2.50. The van der Waals surface area contributed by atoms with Gasteiger partial charge in [0.25, 0.3) is 5.91 Å². The van der Waals surface area contributed by atoms with E-state index in [9.17, 15) is 9.59 Å². The van der Waals surface area contributed by atoms with Crippen LogP contribution < -0.4 is 10.2 Å². The lowest BCUT2D eigenvalue weighted by atomic mass is 9.93. The number of anilines is 2. The highest BCUT2D eigenvalue weighted by Gasteiger charge is 2.36. The summed E-state index contributed by atoms with van der Waals surface area (Å²) < 4.78 is 5.34. The Morgan fingerprint density at radius 2 is 1.74 bits per heavy atom. The summed E-state index contributed by atoms with van der Waals surface area (Å²) in [5, 5.41) is 5.20. The quantitative estimate of drug-likeness (QED) is 0.438. The number of benzene rings is 2. The van der Waals surface area contributed by atoms with Gasteiger partial charge in [0, 0.05) is 42.3 Å². The number of nitrogens with zero attached hydrogens (tertiary/aromatic N) is 2. The van der Waals surface area contributed by atoms with Crippen LogP contribution in [0.5, 0.6) is 0 Å². The van der Waals surface area contributed by atoms with Gasteiger partial charge >= 0.3 is 0 Å². The number of hydrogen-bond acceptors (Lipinski definition) is 5. The van der Waals surface area contributed by atoms with Crippen LogP contribution in [0.25, 0.3) is 0 Å². The zero-order chi connectivity index (χ0) is 23.8. The summed E-state index contributed by atoms with van der Waals surface area (Å²) in [6.45, 7) is 2.27. The molecule has 1 unspecified atom stereocenters. The van der Waals surface area contributed by atoms with Gasteiger partial charge in [-0.3, -0.25) is 9.59 Å². The Morgan fingerprint density at radius 1 is 0.914 bits per heavy atom. The molecule has 2 aliphatic rings. The van der Waals surface area contributed by atoms with E-state index in [1.807, 2.05) is 47.7 Å². The molecular weight excluding hydrogens is 458 g/mol. The fourth-order valence-corrected chi connectivity index (χ4v) is 5.85. The minimum Gasteiger partial charge on any atom is -0.459 e. The molecule has 0 bridgehead atoms. The van der Waals surface area contributed by atoms with Gasteiger partial charge in [-0.1, -0.05) is 24.3 Å². The third kappa shape index (κ3) is 4.23. The van der Waals surface area contributed by atoms with Crippen LogP contribution in [0.1, 0.15) is 32.1 Å². The summed E-state index contributed by atoms with van der Waals surface area (Å²) in [5.41, 5.74) is 5.40. The molecule has 176 valence electrons. The highest BCUT2D eigenvalue weighted by molar-refractivity contribution is 7.10. The van der Waals surface area contributed by atoms with E-state index < -0.39 is 6.04 Å². The zero-order valence-corrected chi connectivity index (χ0v) is 20.0. The number of fused-ring (bicyclic) bond motifs is 2. The number of thiophene rings is 1. The van der Waals surface area contributed by atoms with Gasteiger partial charge in [-0.2, -0.15) is 0 Å². The molecule has 0 fully saturated rings. The van der Waals surface area contributed by atoms with E-state index in [1.165, 1.54) is 16.7 Å². The average molecular weight is 484 g/mol. The normalized spacial score (nSPS) is 17.0. The van der Waals surface area contributed by atoms with Gasteiger partial charge in [0.2, 0.25) is 5.91 Å². The van der Waals surface area contributed by atoms with E-state index in [0.29, 0.717) is 13.0 Å². The largest absolute Gasteiger partial charge is 0.459 e. The second kappa shape index (κ2) is 9.07. The summed E-state index contributed by atoms with van der Waals surface area (Å²) in [5.74, 6) is -0.243. The van der Waals surface area contributed by atoms with Crippen LogP contribution in [-0.4, -0.2) is 29.3 Å². The van der Waals surface area contributed by atoms with E-state index in [1.54, 1.807) is 17.0 Å². The molecular formula is C28H25N3O3S. The molecule has 0 saturated carbocycles. The number of rotatable bonds is 4. The third-order valence-electron chi connectivity index (χ3n) is 6.85. The van der Waals surface area contributed by atoms with Crippen molar-refractivity contribution in [3.63, 3.8) is 0 Å². The van der Waals surface area contributed by atoms with E-state index in [0.717, 1.165) is 42.0 Å². The topological polar surface area (TPSA) is 65.8 Å². The molecule has 1 N–H and O–H groups in total. The van der Waals surface area contributed by atoms with Gasteiger partial charge in [-0.25, -0.2) is 0 Å². The van der Waals surface area contributed by atoms with Crippen LogP contribution >= 0.6 is 11.3 Å². The van der Waals surface area contributed by atoms with Gasteiger partial charge in [-0.15, -0.1) is 11.3 Å². The fraction of sp³-hybridized carbons (Fsp3) is 0.214. The van der Waals surface area contributed by atoms with E-state index in [2.05, 4.69) is 33.8 Å². The van der Waals surface area contributed by atoms with Gasteiger partial charge in [0.15, 0.2) is 5.76 Å². The highest BCUT2D eigenvalue weighted by atomic mass is 32.1. The third-order valence-corrected chi connectivity index (χ3v) is 7.87. The van der Waals surface area contributed by atoms with E-state index in [-0.39, 0.29) is 17.6 Å². The zero-order valence-electron chi connectivity index (χ0n) is 19.1. The summed E-state index contributed by atoms with van der Waals surface area (Å²) in [6, 6.07) is 20.8. The summed E-state index contributed by atoms with van der Waals surface area (Å²) >= 11 is 1.83. The first-order valence-electron chi connectivity index (χ1n) is 11.8. The van der Waals surface area contributed by atoms with Gasteiger partial charge in [-0.05, 0) is 71.0 Å². The van der Waals surface area contributed by atoms with Crippen LogP contribution in [0.3, 0.4) is 0 Å². The van der Waals surface area contributed by atoms with Crippen LogP contribution in [0.2, 0.25) is 0 Å². The van der Waals surface area contributed by atoms with Crippen molar-refractivity contribution in [2.75, 3.05) is 16.8 Å². The molecule has 1 atom stereocenters. The second-order valence-corrected chi connectivity index (χ2v) is 9.98. The first kappa shape index (κ1) is 21.7. The number of carbonyl (C=O) groups excluding carboxylic acids is 2. The van der Waals surface area contributed by atoms with E-state index in [4.69, 9.17) is 4.42 Å². The molecule has 0 radical (unpaired) electrons. The summed E-state index contributed by atoms with van der Waals surface area (Å²) in [6.07, 6.45) is 3.00. The molecule has 2 aromatic heterocycles. The maximum Gasteiger partial charge on any atom is 0.290 e. The molecule has 6 rings (SSSR count). The molecule has 2 amide bonds. The summed E-state index contributed by atoms with van der Waals surface area (Å²) in [7, 11) is 0. The van der Waals surface area contributed by atoms with Crippen molar-refractivity contribution in [1.82, 2.24) is 4.90 Å². The van der Waals surface area contributed by atoms with Gasteiger partial charge < -0.3 is 19.5 Å². The Morgan fingerprint density at radius 3 is 2.54 bits per heavy atom. The molecule has 2 aromatic carbocycles. The number of furan rings is 1. The minimum absolute atomic E-state index is 0.201. The van der Waals surface area contributed by atoms with Crippen molar-refractivity contribution in [3.05, 3.63) is 106 Å². The number of hydrogen-bond donors (Lipinski definition) is 1. The lowest BCUT2D eigenvalue weighted by Gasteiger charge is -2.35. The monoisotopic (exact) mass is 483 g/mol. The van der Waals surface area contributed by atoms with Crippen molar-refractivity contribution < 1.29 is 14.0 Å². The van der Waals surface area contributed by atoms with Gasteiger partial charge in [0.05, 0.1) is 6.26 Å². The number of amides is 2. The van der Waals surface area contributed by atoms with Crippen LogP contribution in [0, 0.1) is 0 Å². The van der Waals surface area contributed by atoms with Gasteiger partial charge in [0.1, 0.15) is 6.04 Å². The molecule has 4 aromatic rings. The Balaban J connectivity index is 1.19. The SMILES string of the molecule is O=C(Nc1ccc(N2CCc3sccc3C2)cc1)C1Cc2ccccc2CN1C(=O)c1ccco1. The van der Waals surface area contributed by atoms with Crippen molar-refractivity contribution in [2.24, 2.45) is 0 Å². The van der Waals surface area contributed by atoms with Crippen molar-refractivity contribution >= 4 is 34.5 Å². The molecule has 7 heteroatoms. The minimum atomic E-state index is -0.624. The Hall–Kier alpha value is -3.84. The van der Waals surface area contributed by atoms with Crippen molar-refractivity contribution in [1.29, 1.82) is 0 Å². The average Bonchev–Trinajstić information content (AvgIpc) is 3.60. The van der Waals surface area contributed by atoms with Crippen LogP contribution in [0.15, 0.2) is 82.8 Å². The van der Waals surface area contributed by atoms with Crippen LogP contribution in [-0.2, 0) is 30.7 Å². The first-order valence-corrected chi connectivity index (χ1v) is 12.7. The molecule has 6 nitrogen and oxygen atoms in total. The number of carbonyl (C=O) groups is 2. The molecule has 35 heavy (non-hydrogen) atoms. The fourth-order valence-electron chi connectivity index (χ4n) is 4.96. The molecule has 0 saturated heterocycles.